The maximum Gasteiger partial charge on any atom is 0.312 e. The van der Waals surface area contributed by atoms with Gasteiger partial charge in [-0.3, -0.25) is 4.79 Å². The first kappa shape index (κ1) is 17.9. The number of carbonyl (C=O) groups is 1. The van der Waals surface area contributed by atoms with Crippen LogP contribution in [0.5, 0.6) is 0 Å². The molecule has 1 saturated heterocycles. The number of hydrogen-bond acceptors (Lipinski definition) is 4. The van der Waals surface area contributed by atoms with Gasteiger partial charge in [0.2, 0.25) is 0 Å². The predicted octanol–water partition coefficient (Wildman–Crippen LogP) is 4.42. The highest BCUT2D eigenvalue weighted by molar-refractivity contribution is 5.77. The van der Waals surface area contributed by atoms with Gasteiger partial charge in [0.05, 0.1) is 25.2 Å². The van der Waals surface area contributed by atoms with Crippen LogP contribution in [0, 0.1) is 64.6 Å². The Morgan fingerprint density at radius 1 is 0.833 bits per heavy atom. The lowest BCUT2D eigenvalue weighted by atomic mass is 9.49. The molecule has 6 unspecified atom stereocenters. The average molecular weight is 413 g/mol. The van der Waals surface area contributed by atoms with Crippen LogP contribution in [0.25, 0.3) is 0 Å². The first-order valence-electron chi connectivity index (χ1n) is 13.1. The van der Waals surface area contributed by atoms with Gasteiger partial charge in [-0.05, 0) is 106 Å². The molecule has 30 heavy (non-hydrogen) atoms. The van der Waals surface area contributed by atoms with Crippen LogP contribution in [0.3, 0.4) is 0 Å². The molecule has 6 atom stereocenters. The van der Waals surface area contributed by atoms with Crippen molar-refractivity contribution in [2.24, 2.45) is 64.6 Å². The van der Waals surface area contributed by atoms with Gasteiger partial charge >= 0.3 is 5.97 Å². The summed E-state index contributed by atoms with van der Waals surface area (Å²) in [6.45, 7) is 1.92. The van der Waals surface area contributed by atoms with Crippen LogP contribution in [0.4, 0.5) is 0 Å². The number of esters is 1. The fourth-order valence-corrected chi connectivity index (χ4v) is 11.1. The lowest BCUT2D eigenvalue weighted by molar-refractivity contribution is -0.367. The molecule has 4 nitrogen and oxygen atoms in total. The van der Waals surface area contributed by atoms with Gasteiger partial charge in [-0.1, -0.05) is 0 Å². The van der Waals surface area contributed by atoms with E-state index in [0.717, 1.165) is 60.7 Å². The zero-order valence-electron chi connectivity index (χ0n) is 18.1. The van der Waals surface area contributed by atoms with E-state index in [2.05, 4.69) is 0 Å². The topological polar surface area (TPSA) is 44.8 Å². The molecule has 1 spiro atoms. The summed E-state index contributed by atoms with van der Waals surface area (Å²) in [4.78, 5) is 13.2. The van der Waals surface area contributed by atoms with Crippen LogP contribution >= 0.6 is 0 Å². The molecule has 10 rings (SSSR count). The molecule has 10 bridgehead atoms. The van der Waals surface area contributed by atoms with E-state index in [4.69, 9.17) is 14.2 Å². The summed E-state index contributed by atoms with van der Waals surface area (Å²) in [5.41, 5.74) is -0.144. The van der Waals surface area contributed by atoms with E-state index in [0.29, 0.717) is 31.7 Å². The van der Waals surface area contributed by atoms with E-state index >= 15 is 0 Å². The Kier molecular flexibility index (Phi) is 3.48. The highest BCUT2D eigenvalue weighted by Crippen LogP contribution is 2.72. The third-order valence-electron chi connectivity index (χ3n) is 11.5. The van der Waals surface area contributed by atoms with Crippen LogP contribution in [0.2, 0.25) is 0 Å². The van der Waals surface area contributed by atoms with Gasteiger partial charge in [0.1, 0.15) is 0 Å². The standard InChI is InChI=1S/C26H36O4/c27-24(25-8-14-1-15(9-25)3-16(2-14)10-25)28-11-17-12-29-26(30-13-17)20-5-19-4-18-6-22(26)23(19)21(18)7-20/h14-23H,1-13H2. The third-order valence-corrected chi connectivity index (χ3v) is 11.5. The van der Waals surface area contributed by atoms with E-state index in [1.807, 2.05) is 0 Å². The first-order chi connectivity index (χ1) is 14.6. The predicted molar refractivity (Wildman–Crippen MR) is 109 cm³/mol. The van der Waals surface area contributed by atoms with E-state index in [1.54, 1.807) is 0 Å². The minimum atomic E-state index is -0.284. The van der Waals surface area contributed by atoms with Crippen molar-refractivity contribution in [3.63, 3.8) is 0 Å². The van der Waals surface area contributed by atoms with Crippen molar-refractivity contribution in [2.45, 2.75) is 70.0 Å². The van der Waals surface area contributed by atoms with E-state index in [-0.39, 0.29) is 23.1 Å². The summed E-state index contributed by atoms with van der Waals surface area (Å²) in [5, 5.41) is 0. The molecule has 0 radical (unpaired) electrons. The van der Waals surface area contributed by atoms with Crippen molar-refractivity contribution >= 4 is 5.97 Å². The smallest absolute Gasteiger partial charge is 0.312 e. The van der Waals surface area contributed by atoms with Crippen molar-refractivity contribution in [3.05, 3.63) is 0 Å². The van der Waals surface area contributed by atoms with Crippen molar-refractivity contribution in [1.82, 2.24) is 0 Å². The van der Waals surface area contributed by atoms with Gasteiger partial charge in [0, 0.05) is 17.8 Å². The SMILES string of the molecule is O=C(OCC1COC2(OC1)C1CC3CC4CC2C3C4C1)C12CC3CC(CC(C3)C1)C2. The maximum absolute atomic E-state index is 13.2. The van der Waals surface area contributed by atoms with E-state index in [9.17, 15) is 4.79 Å². The minimum Gasteiger partial charge on any atom is -0.465 e. The molecule has 9 aliphatic carbocycles. The van der Waals surface area contributed by atoms with Crippen LogP contribution in [0.15, 0.2) is 0 Å². The quantitative estimate of drug-likeness (QED) is 0.644. The Hall–Kier alpha value is -0.610. The summed E-state index contributed by atoms with van der Waals surface area (Å²) in [6, 6.07) is 0. The molecule has 0 N–H and O–H groups in total. The van der Waals surface area contributed by atoms with E-state index in [1.165, 1.54) is 44.9 Å². The number of ether oxygens (including phenoxy) is 3. The van der Waals surface area contributed by atoms with Crippen LogP contribution in [0.1, 0.15) is 64.2 Å². The normalized spacial score (nSPS) is 61.3. The highest BCUT2D eigenvalue weighted by atomic mass is 16.7. The van der Waals surface area contributed by atoms with Crippen molar-refractivity contribution in [3.8, 4) is 0 Å². The zero-order chi connectivity index (χ0) is 19.7. The molecule has 9 saturated carbocycles. The Morgan fingerprint density at radius 3 is 2.20 bits per heavy atom. The molecular weight excluding hydrogens is 376 g/mol. The Bertz CT molecular complexity index is 730. The molecule has 1 heterocycles. The monoisotopic (exact) mass is 412 g/mol. The molecule has 10 fully saturated rings. The van der Waals surface area contributed by atoms with Crippen LogP contribution in [-0.2, 0) is 19.0 Å². The van der Waals surface area contributed by atoms with E-state index < -0.39 is 0 Å². The van der Waals surface area contributed by atoms with Gasteiger partial charge in [0.15, 0.2) is 5.79 Å². The second-order valence-corrected chi connectivity index (χ2v) is 13.0. The average Bonchev–Trinajstić information content (AvgIpc) is 3.17. The highest BCUT2D eigenvalue weighted by Gasteiger charge is 2.71. The third kappa shape index (κ3) is 2.19. The molecule has 0 aromatic carbocycles. The molecular formula is C26H36O4. The molecule has 1 aliphatic heterocycles. The number of rotatable bonds is 3. The van der Waals surface area contributed by atoms with Crippen molar-refractivity contribution in [2.75, 3.05) is 19.8 Å². The first-order valence-corrected chi connectivity index (χ1v) is 13.1. The largest absolute Gasteiger partial charge is 0.465 e. The fourth-order valence-electron chi connectivity index (χ4n) is 11.1. The summed E-state index contributed by atoms with van der Waals surface area (Å²) >= 11 is 0. The summed E-state index contributed by atoms with van der Waals surface area (Å²) in [6.07, 6.45) is 12.9. The lowest BCUT2D eigenvalue weighted by Gasteiger charge is -2.59. The van der Waals surface area contributed by atoms with Crippen molar-refractivity contribution < 1.29 is 19.0 Å². The lowest BCUT2D eigenvalue weighted by Crippen LogP contribution is -2.63. The zero-order valence-corrected chi connectivity index (χ0v) is 18.1. The van der Waals surface area contributed by atoms with Crippen molar-refractivity contribution in [1.29, 1.82) is 0 Å². The Labute approximate surface area is 179 Å². The minimum absolute atomic E-state index is 0.109. The maximum atomic E-state index is 13.2. The van der Waals surface area contributed by atoms with Gasteiger partial charge in [-0.2, -0.15) is 0 Å². The van der Waals surface area contributed by atoms with Gasteiger partial charge in [-0.25, -0.2) is 0 Å². The Morgan fingerprint density at radius 2 is 1.53 bits per heavy atom. The van der Waals surface area contributed by atoms with Gasteiger partial charge in [-0.15, -0.1) is 0 Å². The summed E-state index contributed by atoms with van der Waals surface area (Å²) < 4.78 is 19.2. The molecule has 164 valence electrons. The Balaban J connectivity index is 0.920. The molecule has 0 aromatic heterocycles. The molecule has 0 aromatic rings. The molecule has 4 heteroatoms. The van der Waals surface area contributed by atoms with Gasteiger partial charge < -0.3 is 14.2 Å². The van der Waals surface area contributed by atoms with Gasteiger partial charge in [0.25, 0.3) is 0 Å². The number of hydrogen-bond donors (Lipinski definition) is 0. The van der Waals surface area contributed by atoms with Crippen LogP contribution < -0.4 is 0 Å². The van der Waals surface area contributed by atoms with Crippen LogP contribution in [-0.4, -0.2) is 31.6 Å². The molecule has 10 aliphatic rings. The summed E-state index contributed by atoms with van der Waals surface area (Å²) in [7, 11) is 0. The fraction of sp³-hybridized carbons (Fsp3) is 0.962. The second-order valence-electron chi connectivity index (χ2n) is 13.0. The summed E-state index contributed by atoms with van der Waals surface area (Å²) in [5.74, 6) is 7.44. The number of carbonyl (C=O) groups excluding carboxylic acids is 1. The second kappa shape index (κ2) is 5.84. The molecule has 0 amide bonds.